The number of carbonyl (C=O) groups is 1. The summed E-state index contributed by atoms with van der Waals surface area (Å²) in [5.41, 5.74) is 4.87. The van der Waals surface area contributed by atoms with Crippen LogP contribution < -0.4 is 0 Å². The molecule has 26 heavy (non-hydrogen) atoms. The molecule has 2 aromatic heterocycles. The number of fused-ring (bicyclic) bond motifs is 1. The van der Waals surface area contributed by atoms with E-state index in [2.05, 4.69) is 38.3 Å². The summed E-state index contributed by atoms with van der Waals surface area (Å²) < 4.78 is 4.12. The van der Waals surface area contributed by atoms with Crippen molar-refractivity contribution in [3.8, 4) is 0 Å². The van der Waals surface area contributed by atoms with Crippen LogP contribution in [0.1, 0.15) is 29.1 Å². The molecule has 4 rings (SSSR count). The minimum absolute atomic E-state index is 0.119. The molecule has 140 valence electrons. The molecule has 0 N–H and O–H groups in total. The minimum atomic E-state index is 0.119. The van der Waals surface area contributed by atoms with Gasteiger partial charge in [-0.1, -0.05) is 0 Å². The van der Waals surface area contributed by atoms with Crippen LogP contribution in [0.25, 0.3) is 0 Å². The first kappa shape index (κ1) is 17.3. The molecule has 4 heterocycles. The van der Waals surface area contributed by atoms with Crippen LogP contribution >= 0.6 is 0 Å². The van der Waals surface area contributed by atoms with Crippen molar-refractivity contribution < 1.29 is 4.79 Å². The van der Waals surface area contributed by atoms with Gasteiger partial charge in [-0.3, -0.25) is 14.4 Å². The van der Waals surface area contributed by atoms with Crippen LogP contribution in [-0.2, 0) is 31.4 Å². The van der Waals surface area contributed by atoms with Gasteiger partial charge in [-0.2, -0.15) is 5.10 Å². The third kappa shape index (κ3) is 3.16. The Balaban J connectivity index is 1.33. The van der Waals surface area contributed by atoms with E-state index in [0.29, 0.717) is 5.91 Å². The third-order valence-electron chi connectivity index (χ3n) is 6.05. The predicted molar refractivity (Wildman–Crippen MR) is 98.6 cm³/mol. The molecule has 1 atom stereocenters. The first-order chi connectivity index (χ1) is 12.5. The predicted octanol–water partition coefficient (Wildman–Crippen LogP) is 1.14. The molecule has 1 unspecified atom stereocenters. The topological polar surface area (TPSA) is 59.2 Å². The maximum Gasteiger partial charge on any atom is 0.226 e. The Kier molecular flexibility index (Phi) is 4.56. The highest BCUT2D eigenvalue weighted by Gasteiger charge is 2.30. The van der Waals surface area contributed by atoms with Crippen LogP contribution in [0, 0.1) is 19.8 Å². The average Bonchev–Trinajstić information content (AvgIpc) is 3.21. The van der Waals surface area contributed by atoms with Gasteiger partial charge in [-0.25, -0.2) is 4.98 Å². The van der Waals surface area contributed by atoms with E-state index < -0.39 is 0 Å². The van der Waals surface area contributed by atoms with Crippen molar-refractivity contribution in [1.29, 1.82) is 0 Å². The van der Waals surface area contributed by atoms with Gasteiger partial charge in [0.15, 0.2) is 0 Å². The van der Waals surface area contributed by atoms with Crippen LogP contribution in [0.5, 0.6) is 0 Å². The number of nitrogens with zero attached hydrogens (tertiary/aromatic N) is 6. The van der Waals surface area contributed by atoms with Gasteiger partial charge in [-0.05, 0) is 20.3 Å². The molecule has 2 aromatic rings. The van der Waals surface area contributed by atoms with Crippen molar-refractivity contribution in [3.63, 3.8) is 0 Å². The van der Waals surface area contributed by atoms with E-state index in [1.54, 1.807) is 0 Å². The standard InChI is InChI=1S/C19H28N6O/c1-14-18(15(2)22(3)21-14)12-23-6-8-24(9-7-23)19(26)16-4-5-25-13-20-11-17(25)10-16/h11,13,16H,4-10,12H2,1-3H3. The molecule has 0 aromatic carbocycles. The van der Waals surface area contributed by atoms with Gasteiger partial charge in [-0.15, -0.1) is 0 Å². The van der Waals surface area contributed by atoms with Crippen molar-refractivity contribution in [2.24, 2.45) is 13.0 Å². The fourth-order valence-electron chi connectivity index (χ4n) is 4.23. The monoisotopic (exact) mass is 356 g/mol. The van der Waals surface area contributed by atoms with Crippen LogP contribution in [0.2, 0.25) is 0 Å². The van der Waals surface area contributed by atoms with Crippen molar-refractivity contribution in [2.75, 3.05) is 26.2 Å². The number of carbonyl (C=O) groups excluding carboxylic acids is 1. The van der Waals surface area contributed by atoms with Crippen molar-refractivity contribution in [2.45, 2.75) is 39.8 Å². The molecular formula is C19H28N6O. The molecule has 1 fully saturated rings. The van der Waals surface area contributed by atoms with E-state index in [4.69, 9.17) is 0 Å². The molecule has 1 amide bonds. The van der Waals surface area contributed by atoms with Crippen LogP contribution in [0.15, 0.2) is 12.5 Å². The number of hydrogen-bond acceptors (Lipinski definition) is 4. The van der Waals surface area contributed by atoms with Crippen LogP contribution in [0.3, 0.4) is 0 Å². The minimum Gasteiger partial charge on any atom is -0.340 e. The lowest BCUT2D eigenvalue weighted by atomic mass is 9.94. The molecule has 1 saturated heterocycles. The Morgan fingerprint density at radius 3 is 2.65 bits per heavy atom. The molecule has 7 heteroatoms. The molecular weight excluding hydrogens is 328 g/mol. The zero-order valence-electron chi connectivity index (χ0n) is 16.0. The molecule has 0 bridgehead atoms. The van der Waals surface area contributed by atoms with Crippen molar-refractivity contribution in [3.05, 3.63) is 35.2 Å². The highest BCUT2D eigenvalue weighted by atomic mass is 16.2. The highest BCUT2D eigenvalue weighted by Crippen LogP contribution is 2.23. The number of aryl methyl sites for hydroxylation is 3. The van der Waals surface area contributed by atoms with E-state index in [9.17, 15) is 4.79 Å². The second-order valence-electron chi connectivity index (χ2n) is 7.64. The zero-order valence-corrected chi connectivity index (χ0v) is 16.0. The number of rotatable bonds is 3. The summed E-state index contributed by atoms with van der Waals surface area (Å²) in [7, 11) is 2.00. The second kappa shape index (κ2) is 6.87. The molecule has 2 aliphatic heterocycles. The summed E-state index contributed by atoms with van der Waals surface area (Å²) in [6.07, 6.45) is 5.52. The van der Waals surface area contributed by atoms with Gasteiger partial charge < -0.3 is 9.47 Å². The Bertz CT molecular complexity index is 799. The van der Waals surface area contributed by atoms with E-state index in [1.165, 1.54) is 17.0 Å². The molecule has 0 spiro atoms. The van der Waals surface area contributed by atoms with Gasteiger partial charge in [0.25, 0.3) is 0 Å². The maximum atomic E-state index is 12.9. The zero-order chi connectivity index (χ0) is 18.3. The normalized spacial score (nSPS) is 21.0. The lowest BCUT2D eigenvalue weighted by Gasteiger charge is -2.37. The first-order valence-corrected chi connectivity index (χ1v) is 9.52. The second-order valence-corrected chi connectivity index (χ2v) is 7.64. The highest BCUT2D eigenvalue weighted by molar-refractivity contribution is 5.79. The smallest absolute Gasteiger partial charge is 0.226 e. The Labute approximate surface area is 154 Å². The SMILES string of the molecule is Cc1nn(C)c(C)c1CN1CCN(C(=O)C2CCn3cncc3C2)CC1. The average molecular weight is 356 g/mol. The largest absolute Gasteiger partial charge is 0.340 e. The van der Waals surface area contributed by atoms with Gasteiger partial charge in [0, 0.05) is 81.8 Å². The summed E-state index contributed by atoms with van der Waals surface area (Å²) in [4.78, 5) is 21.6. The molecule has 7 nitrogen and oxygen atoms in total. The van der Waals surface area contributed by atoms with Crippen LogP contribution in [-0.4, -0.2) is 61.2 Å². The number of imidazole rings is 1. The number of piperazine rings is 1. The molecule has 0 saturated carbocycles. The van der Waals surface area contributed by atoms with E-state index in [-0.39, 0.29) is 5.92 Å². The molecule has 0 radical (unpaired) electrons. The summed E-state index contributed by atoms with van der Waals surface area (Å²) in [6.45, 7) is 9.56. The number of hydrogen-bond donors (Lipinski definition) is 0. The van der Waals surface area contributed by atoms with E-state index in [0.717, 1.165) is 57.8 Å². The summed E-state index contributed by atoms with van der Waals surface area (Å²) in [5, 5.41) is 4.51. The quantitative estimate of drug-likeness (QED) is 0.828. The Morgan fingerprint density at radius 1 is 1.19 bits per heavy atom. The summed E-state index contributed by atoms with van der Waals surface area (Å²) >= 11 is 0. The van der Waals surface area contributed by atoms with Gasteiger partial charge in [0.1, 0.15) is 0 Å². The molecule has 0 aliphatic carbocycles. The Morgan fingerprint density at radius 2 is 1.96 bits per heavy atom. The van der Waals surface area contributed by atoms with E-state index in [1.807, 2.05) is 24.3 Å². The van der Waals surface area contributed by atoms with Crippen LogP contribution in [0.4, 0.5) is 0 Å². The number of amides is 1. The first-order valence-electron chi connectivity index (χ1n) is 9.52. The Hall–Kier alpha value is -2.15. The van der Waals surface area contributed by atoms with Crippen molar-refractivity contribution in [1.82, 2.24) is 29.1 Å². The fraction of sp³-hybridized carbons (Fsp3) is 0.632. The lowest BCUT2D eigenvalue weighted by Crippen LogP contribution is -2.50. The van der Waals surface area contributed by atoms with Gasteiger partial charge in [0.2, 0.25) is 5.91 Å². The van der Waals surface area contributed by atoms with Crippen molar-refractivity contribution >= 4 is 5.91 Å². The maximum absolute atomic E-state index is 12.9. The molecule has 2 aliphatic rings. The van der Waals surface area contributed by atoms with Gasteiger partial charge in [0.05, 0.1) is 12.0 Å². The van der Waals surface area contributed by atoms with E-state index >= 15 is 0 Å². The van der Waals surface area contributed by atoms with Gasteiger partial charge >= 0.3 is 0 Å². The number of aromatic nitrogens is 4. The summed E-state index contributed by atoms with van der Waals surface area (Å²) in [5.74, 6) is 0.444. The fourth-order valence-corrected chi connectivity index (χ4v) is 4.23. The summed E-state index contributed by atoms with van der Waals surface area (Å²) in [6, 6.07) is 0. The lowest BCUT2D eigenvalue weighted by molar-refractivity contribution is -0.138. The third-order valence-corrected chi connectivity index (χ3v) is 6.05.